The molecule has 2 heterocycles. The third-order valence-electron chi connectivity index (χ3n) is 5.21. The predicted molar refractivity (Wildman–Crippen MR) is 112 cm³/mol. The van der Waals surface area contributed by atoms with Crippen LogP contribution in [0, 0.1) is 5.82 Å². The topological polar surface area (TPSA) is 81.6 Å². The Morgan fingerprint density at radius 3 is 2.53 bits per heavy atom. The highest BCUT2D eigenvalue weighted by molar-refractivity contribution is 5.97. The Morgan fingerprint density at radius 1 is 1.10 bits per heavy atom. The summed E-state index contributed by atoms with van der Waals surface area (Å²) >= 11 is 0. The van der Waals surface area contributed by atoms with E-state index >= 15 is 0 Å². The SMILES string of the molecule is NC(=O)c1nc(-c2ccccc2F)oc1-c1ccc(OCCN2CCCCC2)cc1. The van der Waals surface area contributed by atoms with E-state index in [9.17, 15) is 9.18 Å². The number of hydrogen-bond donors (Lipinski definition) is 1. The maximum Gasteiger partial charge on any atom is 0.271 e. The molecule has 6 nitrogen and oxygen atoms in total. The molecule has 1 fully saturated rings. The molecule has 1 aromatic heterocycles. The van der Waals surface area contributed by atoms with Gasteiger partial charge in [0.15, 0.2) is 11.5 Å². The number of rotatable bonds is 7. The number of primary amides is 1. The molecule has 1 saturated heterocycles. The number of likely N-dealkylation sites (tertiary alicyclic amines) is 1. The van der Waals surface area contributed by atoms with E-state index in [-0.39, 0.29) is 22.9 Å². The van der Waals surface area contributed by atoms with Crippen LogP contribution in [0.5, 0.6) is 5.75 Å². The van der Waals surface area contributed by atoms with Crippen molar-refractivity contribution < 1.29 is 18.3 Å². The Labute approximate surface area is 174 Å². The van der Waals surface area contributed by atoms with E-state index in [0.29, 0.717) is 12.2 Å². The zero-order valence-electron chi connectivity index (χ0n) is 16.6. The number of nitrogens with two attached hydrogens (primary N) is 1. The highest BCUT2D eigenvalue weighted by atomic mass is 19.1. The van der Waals surface area contributed by atoms with Gasteiger partial charge in [-0.3, -0.25) is 9.69 Å². The number of ether oxygens (including phenoxy) is 1. The first-order valence-corrected chi connectivity index (χ1v) is 10.1. The van der Waals surface area contributed by atoms with Gasteiger partial charge < -0.3 is 14.9 Å². The monoisotopic (exact) mass is 409 g/mol. The summed E-state index contributed by atoms with van der Waals surface area (Å²) in [5.41, 5.74) is 6.21. The molecule has 0 atom stereocenters. The highest BCUT2D eigenvalue weighted by Gasteiger charge is 2.22. The number of oxazole rings is 1. The van der Waals surface area contributed by atoms with Crippen molar-refractivity contribution >= 4 is 5.91 Å². The zero-order valence-corrected chi connectivity index (χ0v) is 16.6. The van der Waals surface area contributed by atoms with Crippen LogP contribution < -0.4 is 10.5 Å². The summed E-state index contributed by atoms with van der Waals surface area (Å²) in [6, 6.07) is 13.2. The molecule has 2 N–H and O–H groups in total. The second-order valence-electron chi connectivity index (χ2n) is 7.32. The van der Waals surface area contributed by atoms with Gasteiger partial charge in [-0.1, -0.05) is 18.6 Å². The van der Waals surface area contributed by atoms with Crippen molar-refractivity contribution in [1.29, 1.82) is 0 Å². The van der Waals surface area contributed by atoms with E-state index in [2.05, 4.69) is 9.88 Å². The van der Waals surface area contributed by atoms with Gasteiger partial charge in [0.25, 0.3) is 5.91 Å². The molecule has 0 saturated carbocycles. The van der Waals surface area contributed by atoms with Crippen LogP contribution in [0.25, 0.3) is 22.8 Å². The van der Waals surface area contributed by atoms with E-state index in [1.807, 2.05) is 12.1 Å². The molecule has 30 heavy (non-hydrogen) atoms. The Kier molecular flexibility index (Phi) is 6.09. The normalized spacial score (nSPS) is 14.6. The van der Waals surface area contributed by atoms with E-state index in [4.69, 9.17) is 14.9 Å². The van der Waals surface area contributed by atoms with Gasteiger partial charge >= 0.3 is 0 Å². The second-order valence-corrected chi connectivity index (χ2v) is 7.32. The average molecular weight is 409 g/mol. The van der Waals surface area contributed by atoms with Gasteiger partial charge in [0.2, 0.25) is 5.89 Å². The lowest BCUT2D eigenvalue weighted by Crippen LogP contribution is -2.33. The first-order valence-electron chi connectivity index (χ1n) is 10.1. The van der Waals surface area contributed by atoms with Gasteiger partial charge in [-0.05, 0) is 62.3 Å². The molecule has 0 radical (unpaired) electrons. The van der Waals surface area contributed by atoms with E-state index < -0.39 is 11.7 Å². The predicted octanol–water partition coefficient (Wildman–Crippen LogP) is 4.11. The van der Waals surface area contributed by atoms with E-state index in [0.717, 1.165) is 25.4 Å². The minimum absolute atomic E-state index is 0.0127. The number of halogens is 1. The van der Waals surface area contributed by atoms with Crippen molar-refractivity contribution in [3.05, 3.63) is 60.0 Å². The summed E-state index contributed by atoms with van der Waals surface area (Å²) in [5.74, 6) is -0.276. The summed E-state index contributed by atoms with van der Waals surface area (Å²) in [7, 11) is 0. The minimum Gasteiger partial charge on any atom is -0.492 e. The fourth-order valence-corrected chi connectivity index (χ4v) is 3.61. The molecule has 0 aliphatic carbocycles. The van der Waals surface area contributed by atoms with Crippen molar-refractivity contribution in [1.82, 2.24) is 9.88 Å². The molecule has 156 valence electrons. The van der Waals surface area contributed by atoms with Crippen LogP contribution >= 0.6 is 0 Å². The lowest BCUT2D eigenvalue weighted by molar-refractivity contribution is 0.0996. The maximum absolute atomic E-state index is 14.1. The van der Waals surface area contributed by atoms with Crippen LogP contribution in [0.3, 0.4) is 0 Å². The number of amides is 1. The summed E-state index contributed by atoms with van der Waals surface area (Å²) in [4.78, 5) is 18.4. The molecule has 0 spiro atoms. The van der Waals surface area contributed by atoms with Crippen LogP contribution in [-0.4, -0.2) is 42.0 Å². The molecule has 2 aromatic carbocycles. The average Bonchev–Trinajstić information content (AvgIpc) is 3.21. The zero-order chi connectivity index (χ0) is 20.9. The molecule has 1 amide bonds. The van der Waals surface area contributed by atoms with Crippen LogP contribution in [0.1, 0.15) is 29.8 Å². The quantitative estimate of drug-likeness (QED) is 0.635. The number of piperidine rings is 1. The third kappa shape index (κ3) is 4.52. The van der Waals surface area contributed by atoms with Crippen molar-refractivity contribution in [2.24, 2.45) is 5.73 Å². The molecule has 0 unspecified atom stereocenters. The molecule has 1 aliphatic heterocycles. The van der Waals surface area contributed by atoms with Crippen LogP contribution in [0.4, 0.5) is 4.39 Å². The second kappa shape index (κ2) is 9.09. The van der Waals surface area contributed by atoms with Crippen molar-refractivity contribution in [3.8, 4) is 28.5 Å². The lowest BCUT2D eigenvalue weighted by atomic mass is 10.1. The smallest absolute Gasteiger partial charge is 0.271 e. The molecule has 7 heteroatoms. The third-order valence-corrected chi connectivity index (χ3v) is 5.21. The van der Waals surface area contributed by atoms with Gasteiger partial charge in [-0.25, -0.2) is 9.37 Å². The number of carbonyl (C=O) groups excluding carboxylic acids is 1. The highest BCUT2D eigenvalue weighted by Crippen LogP contribution is 2.31. The number of hydrogen-bond acceptors (Lipinski definition) is 5. The van der Waals surface area contributed by atoms with Crippen molar-refractivity contribution in [3.63, 3.8) is 0 Å². The van der Waals surface area contributed by atoms with Crippen LogP contribution in [0.15, 0.2) is 52.9 Å². The summed E-state index contributed by atoms with van der Waals surface area (Å²) in [6.45, 7) is 3.79. The van der Waals surface area contributed by atoms with E-state index in [1.54, 1.807) is 24.3 Å². The molecule has 4 rings (SSSR count). The molecular weight excluding hydrogens is 385 g/mol. The number of aromatic nitrogens is 1. The fraction of sp³-hybridized carbons (Fsp3) is 0.304. The first kappa shape index (κ1) is 20.1. The molecule has 1 aliphatic rings. The van der Waals surface area contributed by atoms with Crippen LogP contribution in [0.2, 0.25) is 0 Å². The van der Waals surface area contributed by atoms with E-state index in [1.165, 1.54) is 31.4 Å². The van der Waals surface area contributed by atoms with Gasteiger partial charge in [-0.15, -0.1) is 0 Å². The summed E-state index contributed by atoms with van der Waals surface area (Å²) < 4.78 is 25.7. The first-order chi connectivity index (χ1) is 14.6. The van der Waals surface area contributed by atoms with Gasteiger partial charge in [-0.2, -0.15) is 0 Å². The van der Waals surface area contributed by atoms with Crippen LogP contribution in [-0.2, 0) is 0 Å². The maximum atomic E-state index is 14.1. The Balaban J connectivity index is 1.49. The minimum atomic E-state index is -0.738. The van der Waals surface area contributed by atoms with Gasteiger partial charge in [0, 0.05) is 12.1 Å². The van der Waals surface area contributed by atoms with Gasteiger partial charge in [0.1, 0.15) is 18.2 Å². The van der Waals surface area contributed by atoms with Gasteiger partial charge in [0.05, 0.1) is 5.56 Å². The standard InChI is InChI=1S/C23H24FN3O3/c24-19-7-3-2-6-18(19)23-26-20(22(25)28)21(30-23)16-8-10-17(11-9-16)29-15-14-27-12-4-1-5-13-27/h2-3,6-11H,1,4-5,12-15H2,(H2,25,28). The Bertz CT molecular complexity index is 1010. The fourth-order valence-electron chi connectivity index (χ4n) is 3.61. The van der Waals surface area contributed by atoms with Crippen molar-refractivity contribution in [2.75, 3.05) is 26.2 Å². The van der Waals surface area contributed by atoms with Crippen molar-refractivity contribution in [2.45, 2.75) is 19.3 Å². The largest absolute Gasteiger partial charge is 0.492 e. The summed E-state index contributed by atoms with van der Waals surface area (Å²) in [6.07, 6.45) is 3.82. The number of carbonyl (C=O) groups is 1. The number of benzene rings is 2. The molecular formula is C23H24FN3O3. The lowest BCUT2D eigenvalue weighted by Gasteiger charge is -2.26. The molecule has 3 aromatic rings. The Morgan fingerprint density at radius 2 is 1.83 bits per heavy atom. The Hall–Kier alpha value is -3.19. The summed E-state index contributed by atoms with van der Waals surface area (Å²) in [5, 5.41) is 0. The molecule has 0 bridgehead atoms. The number of nitrogens with zero attached hydrogens (tertiary/aromatic N) is 2.